The Bertz CT molecular complexity index is 1380. The summed E-state index contributed by atoms with van der Waals surface area (Å²) < 4.78 is 83.2. The monoisotopic (exact) mass is 508 g/mol. The molecule has 188 valence electrons. The summed E-state index contributed by atoms with van der Waals surface area (Å²) in [5, 5.41) is 6.85. The Morgan fingerprint density at radius 1 is 1.06 bits per heavy atom. The van der Waals surface area contributed by atoms with Crippen LogP contribution in [0.25, 0.3) is 10.8 Å². The molecule has 1 aliphatic heterocycles. The van der Waals surface area contributed by atoms with Crippen LogP contribution in [0.3, 0.4) is 0 Å². The van der Waals surface area contributed by atoms with Gasteiger partial charge in [-0.15, -0.1) is 0 Å². The summed E-state index contributed by atoms with van der Waals surface area (Å²) in [6, 6.07) is 11.4. The standard InChI is InChI=1S/C25H18F6N2O3/c1-14-10-15(12-16(11-14)24(26,27)28)23(25(29,30)31)13-21(33-36-23)19-6-7-20(22(35)32-8-9-34)18-5-3-2-4-17(18)19/h2-7,9-12H,8,13H2,1H3,(H,32,35). The number of carbonyl (C=O) groups is 2. The summed E-state index contributed by atoms with van der Waals surface area (Å²) in [7, 11) is 0. The van der Waals surface area contributed by atoms with Gasteiger partial charge >= 0.3 is 12.4 Å². The van der Waals surface area contributed by atoms with Crippen molar-refractivity contribution in [2.24, 2.45) is 5.16 Å². The zero-order chi connectivity index (χ0) is 26.3. The highest BCUT2D eigenvalue weighted by atomic mass is 19.4. The highest BCUT2D eigenvalue weighted by Crippen LogP contribution is 2.50. The second-order valence-electron chi connectivity index (χ2n) is 8.30. The number of alkyl halides is 6. The second kappa shape index (κ2) is 8.96. The smallest absolute Gasteiger partial charge is 0.374 e. The van der Waals surface area contributed by atoms with E-state index in [1.54, 1.807) is 24.3 Å². The zero-order valence-corrected chi connectivity index (χ0v) is 18.6. The van der Waals surface area contributed by atoms with Gasteiger partial charge in [0.15, 0.2) is 0 Å². The number of nitrogens with one attached hydrogen (secondary N) is 1. The minimum absolute atomic E-state index is 0.0170. The van der Waals surface area contributed by atoms with E-state index in [-0.39, 0.29) is 28.9 Å². The molecule has 0 saturated carbocycles. The summed E-state index contributed by atoms with van der Waals surface area (Å²) >= 11 is 0. The van der Waals surface area contributed by atoms with Crippen LogP contribution in [-0.4, -0.2) is 30.6 Å². The Labute approximate surface area is 200 Å². The Balaban J connectivity index is 1.80. The molecule has 1 heterocycles. The molecule has 11 heteroatoms. The molecule has 0 aliphatic carbocycles. The van der Waals surface area contributed by atoms with Gasteiger partial charge in [0.05, 0.1) is 17.8 Å². The molecule has 5 nitrogen and oxygen atoms in total. The number of nitrogens with zero attached hydrogens (tertiary/aromatic N) is 1. The lowest BCUT2D eigenvalue weighted by atomic mass is 9.84. The van der Waals surface area contributed by atoms with E-state index < -0.39 is 41.4 Å². The molecule has 0 radical (unpaired) electrons. The predicted octanol–water partition coefficient (Wildman–Crippen LogP) is 5.68. The van der Waals surface area contributed by atoms with Crippen LogP contribution >= 0.6 is 0 Å². The fraction of sp³-hybridized carbons (Fsp3) is 0.240. The van der Waals surface area contributed by atoms with E-state index >= 15 is 0 Å². The number of fused-ring (bicyclic) bond motifs is 1. The third-order valence-corrected chi connectivity index (χ3v) is 5.88. The third kappa shape index (κ3) is 4.40. The molecule has 1 unspecified atom stereocenters. The van der Waals surface area contributed by atoms with Crippen LogP contribution in [0.4, 0.5) is 26.3 Å². The number of halogens is 6. The van der Waals surface area contributed by atoms with E-state index in [1.807, 2.05) is 0 Å². The van der Waals surface area contributed by atoms with Crippen LogP contribution in [0.15, 0.2) is 59.8 Å². The molecule has 0 saturated heterocycles. The molecule has 1 N–H and O–H groups in total. The number of aldehydes is 1. The number of oxime groups is 1. The summed E-state index contributed by atoms with van der Waals surface area (Å²) in [6.07, 6.45) is -10.3. The van der Waals surface area contributed by atoms with E-state index in [0.717, 1.165) is 12.1 Å². The minimum Gasteiger partial charge on any atom is -0.374 e. The van der Waals surface area contributed by atoms with Crippen molar-refractivity contribution in [2.45, 2.75) is 31.3 Å². The number of aryl methyl sites for hydroxylation is 1. The van der Waals surface area contributed by atoms with Crippen LogP contribution in [0.2, 0.25) is 0 Å². The maximum Gasteiger partial charge on any atom is 0.435 e. The van der Waals surface area contributed by atoms with E-state index in [9.17, 15) is 35.9 Å². The second-order valence-corrected chi connectivity index (χ2v) is 8.30. The van der Waals surface area contributed by atoms with Crippen LogP contribution < -0.4 is 5.32 Å². The van der Waals surface area contributed by atoms with Crippen molar-refractivity contribution >= 4 is 28.7 Å². The molecular formula is C25H18F6N2O3. The topological polar surface area (TPSA) is 67.8 Å². The molecule has 3 aromatic rings. The van der Waals surface area contributed by atoms with Crippen molar-refractivity contribution in [1.82, 2.24) is 5.32 Å². The average Bonchev–Trinajstić information content (AvgIpc) is 3.28. The Morgan fingerprint density at radius 3 is 2.39 bits per heavy atom. The Morgan fingerprint density at radius 2 is 1.75 bits per heavy atom. The van der Waals surface area contributed by atoms with Gasteiger partial charge in [-0.25, -0.2) is 0 Å². The largest absolute Gasteiger partial charge is 0.435 e. The number of amides is 1. The zero-order valence-electron chi connectivity index (χ0n) is 18.6. The molecule has 0 fully saturated rings. The molecular weight excluding hydrogens is 490 g/mol. The molecule has 1 aliphatic rings. The summed E-state index contributed by atoms with van der Waals surface area (Å²) in [5.41, 5.74) is -4.81. The first-order valence-corrected chi connectivity index (χ1v) is 10.6. The molecule has 1 atom stereocenters. The van der Waals surface area contributed by atoms with Crippen molar-refractivity contribution < 1.29 is 40.8 Å². The van der Waals surface area contributed by atoms with Crippen LogP contribution in [0.5, 0.6) is 0 Å². The molecule has 4 rings (SSSR count). The van der Waals surface area contributed by atoms with Crippen LogP contribution in [-0.2, 0) is 21.4 Å². The number of rotatable bonds is 5. The van der Waals surface area contributed by atoms with Gasteiger partial charge in [0, 0.05) is 23.1 Å². The fourth-order valence-electron chi connectivity index (χ4n) is 4.21. The van der Waals surface area contributed by atoms with Gasteiger partial charge in [-0.1, -0.05) is 47.1 Å². The summed E-state index contributed by atoms with van der Waals surface area (Å²) in [4.78, 5) is 28.0. The highest BCUT2D eigenvalue weighted by molar-refractivity contribution is 6.16. The molecule has 0 spiro atoms. The van der Waals surface area contributed by atoms with E-state index in [1.165, 1.54) is 19.1 Å². The van der Waals surface area contributed by atoms with Gasteiger partial charge in [-0.05, 0) is 35.9 Å². The SMILES string of the molecule is Cc1cc(C(F)(F)F)cc(C2(C(F)(F)F)CC(c3ccc(C(=O)NCC=O)c4ccccc34)=NO2)c1. The van der Waals surface area contributed by atoms with Crippen molar-refractivity contribution in [3.63, 3.8) is 0 Å². The van der Waals surface area contributed by atoms with Gasteiger partial charge in [0.25, 0.3) is 11.5 Å². The molecule has 36 heavy (non-hydrogen) atoms. The average molecular weight is 508 g/mol. The summed E-state index contributed by atoms with van der Waals surface area (Å²) in [6.45, 7) is 1.04. The highest BCUT2D eigenvalue weighted by Gasteiger charge is 2.62. The van der Waals surface area contributed by atoms with E-state index in [0.29, 0.717) is 23.1 Å². The number of carbonyl (C=O) groups excluding carboxylic acids is 2. The quantitative estimate of drug-likeness (QED) is 0.356. The van der Waals surface area contributed by atoms with E-state index in [2.05, 4.69) is 10.5 Å². The first kappa shape index (κ1) is 25.2. The maximum atomic E-state index is 14.4. The third-order valence-electron chi connectivity index (χ3n) is 5.88. The maximum absolute atomic E-state index is 14.4. The van der Waals surface area contributed by atoms with Gasteiger partial charge in [0.2, 0.25) is 0 Å². The lowest BCUT2D eigenvalue weighted by Crippen LogP contribution is -2.43. The van der Waals surface area contributed by atoms with Crippen LogP contribution in [0.1, 0.15) is 39.0 Å². The molecule has 3 aromatic carbocycles. The van der Waals surface area contributed by atoms with Crippen molar-refractivity contribution in [3.8, 4) is 0 Å². The van der Waals surface area contributed by atoms with Gasteiger partial charge in [-0.2, -0.15) is 26.3 Å². The van der Waals surface area contributed by atoms with Crippen molar-refractivity contribution in [3.05, 3.63) is 82.4 Å². The number of hydrogen-bond acceptors (Lipinski definition) is 4. The lowest BCUT2D eigenvalue weighted by molar-refractivity contribution is -0.276. The van der Waals surface area contributed by atoms with Crippen LogP contribution in [0, 0.1) is 6.92 Å². The molecule has 0 aromatic heterocycles. The predicted molar refractivity (Wildman–Crippen MR) is 118 cm³/mol. The van der Waals surface area contributed by atoms with E-state index in [4.69, 9.17) is 4.84 Å². The molecule has 1 amide bonds. The van der Waals surface area contributed by atoms with Gasteiger partial charge in [0.1, 0.15) is 6.29 Å². The summed E-state index contributed by atoms with van der Waals surface area (Å²) in [5.74, 6) is -0.557. The molecule has 0 bridgehead atoms. The first-order chi connectivity index (χ1) is 16.9. The number of hydrogen-bond donors (Lipinski definition) is 1. The Hall–Kier alpha value is -3.89. The normalized spacial score (nSPS) is 18.0. The fourth-order valence-corrected chi connectivity index (χ4v) is 4.21. The van der Waals surface area contributed by atoms with Crippen molar-refractivity contribution in [1.29, 1.82) is 0 Å². The number of benzene rings is 3. The lowest BCUT2D eigenvalue weighted by Gasteiger charge is -2.30. The minimum atomic E-state index is -5.10. The van der Waals surface area contributed by atoms with Crippen molar-refractivity contribution in [2.75, 3.05) is 6.54 Å². The first-order valence-electron chi connectivity index (χ1n) is 10.6. The van der Waals surface area contributed by atoms with Gasteiger partial charge in [-0.3, -0.25) is 4.79 Å². The Kier molecular flexibility index (Phi) is 6.27. The van der Waals surface area contributed by atoms with Gasteiger partial charge < -0.3 is 14.9 Å².